The van der Waals surface area contributed by atoms with Gasteiger partial charge in [0.1, 0.15) is 16.9 Å². The van der Waals surface area contributed by atoms with Crippen LogP contribution < -0.4 is 4.18 Å². The lowest BCUT2D eigenvalue weighted by molar-refractivity contribution is 0.374. The first-order valence-electron chi connectivity index (χ1n) is 6.58. The van der Waals surface area contributed by atoms with Crippen LogP contribution in [0.15, 0.2) is 24.3 Å². The first-order valence-corrected chi connectivity index (χ1v) is 7.94. The molecule has 0 aliphatic carbocycles. The number of nitrogens with zero attached hydrogens (tertiary/aromatic N) is 1. The van der Waals surface area contributed by atoms with Crippen LogP contribution in [-0.2, 0) is 10.4 Å². The number of benzene rings is 2. The highest BCUT2D eigenvalue weighted by Crippen LogP contribution is 2.42. The van der Waals surface area contributed by atoms with Crippen LogP contribution in [0.1, 0.15) is 25.6 Å². The summed E-state index contributed by atoms with van der Waals surface area (Å²) in [6, 6.07) is 6.75. The van der Waals surface area contributed by atoms with Crippen molar-refractivity contribution in [3.63, 3.8) is 0 Å². The van der Waals surface area contributed by atoms with Crippen molar-refractivity contribution in [3.8, 4) is 11.5 Å². The number of hydrogen-bond donors (Lipinski definition) is 3. The van der Waals surface area contributed by atoms with Gasteiger partial charge < -0.3 is 14.3 Å². The number of aromatic amines is 1. The van der Waals surface area contributed by atoms with Crippen LogP contribution >= 0.6 is 0 Å². The second kappa shape index (κ2) is 4.85. The molecule has 0 unspecified atom stereocenters. The van der Waals surface area contributed by atoms with Crippen LogP contribution in [-0.4, -0.2) is 28.0 Å². The molecule has 22 heavy (non-hydrogen) atoms. The molecular formula is C14H14N2O5S. The van der Waals surface area contributed by atoms with Crippen LogP contribution in [0.2, 0.25) is 0 Å². The van der Waals surface area contributed by atoms with Crippen LogP contribution in [0.3, 0.4) is 0 Å². The molecule has 0 bridgehead atoms. The molecule has 3 N–H and O–H groups in total. The Morgan fingerprint density at radius 3 is 2.45 bits per heavy atom. The smallest absolute Gasteiger partial charge is 0.446 e. The fraction of sp³-hybridized carbons (Fsp3) is 0.214. The maximum absolute atomic E-state index is 11.0. The summed E-state index contributed by atoms with van der Waals surface area (Å²) in [4.78, 5) is 7.42. The number of aromatic nitrogens is 2. The molecule has 0 fully saturated rings. The molecule has 0 atom stereocenters. The molecule has 0 saturated heterocycles. The number of aromatic hydroxyl groups is 1. The summed E-state index contributed by atoms with van der Waals surface area (Å²) in [5, 5.41) is 11.3. The van der Waals surface area contributed by atoms with Crippen LogP contribution in [0.4, 0.5) is 0 Å². The van der Waals surface area contributed by atoms with Crippen molar-refractivity contribution < 1.29 is 22.3 Å². The summed E-state index contributed by atoms with van der Waals surface area (Å²) in [6.45, 7) is 3.87. The lowest BCUT2D eigenvalue weighted by Crippen LogP contribution is -2.07. The summed E-state index contributed by atoms with van der Waals surface area (Å²) in [7, 11) is -4.76. The maximum Gasteiger partial charge on any atom is 0.446 e. The summed E-state index contributed by atoms with van der Waals surface area (Å²) < 4.78 is 35.6. The minimum atomic E-state index is -4.76. The summed E-state index contributed by atoms with van der Waals surface area (Å²) in [5.74, 6) is 0.00578. The normalized spacial score (nSPS) is 12.4. The van der Waals surface area contributed by atoms with E-state index in [1.807, 2.05) is 13.8 Å². The Kier molecular flexibility index (Phi) is 3.22. The van der Waals surface area contributed by atoms with Crippen molar-refractivity contribution >= 4 is 32.2 Å². The Morgan fingerprint density at radius 1 is 1.23 bits per heavy atom. The van der Waals surface area contributed by atoms with E-state index in [1.54, 1.807) is 24.3 Å². The van der Waals surface area contributed by atoms with Gasteiger partial charge in [-0.1, -0.05) is 38.1 Å². The van der Waals surface area contributed by atoms with Crippen molar-refractivity contribution in [1.29, 1.82) is 0 Å². The third kappa shape index (κ3) is 2.36. The van der Waals surface area contributed by atoms with Gasteiger partial charge in [-0.3, -0.25) is 4.55 Å². The van der Waals surface area contributed by atoms with Gasteiger partial charge in [-0.25, -0.2) is 4.98 Å². The highest BCUT2D eigenvalue weighted by molar-refractivity contribution is 7.81. The second-order valence-electron chi connectivity index (χ2n) is 5.23. The lowest BCUT2D eigenvalue weighted by Gasteiger charge is -2.09. The predicted molar refractivity (Wildman–Crippen MR) is 81.5 cm³/mol. The number of phenolic OH excluding ortho intramolecular Hbond substituents is 1. The Balaban J connectivity index is 2.45. The summed E-state index contributed by atoms with van der Waals surface area (Å²) in [6.07, 6.45) is 0. The summed E-state index contributed by atoms with van der Waals surface area (Å²) in [5.41, 5.74) is 0.778. The summed E-state index contributed by atoms with van der Waals surface area (Å²) >= 11 is 0. The van der Waals surface area contributed by atoms with Crippen molar-refractivity contribution in [2.75, 3.05) is 0 Å². The molecule has 3 rings (SSSR count). The van der Waals surface area contributed by atoms with Gasteiger partial charge >= 0.3 is 10.4 Å². The van der Waals surface area contributed by atoms with E-state index < -0.39 is 16.1 Å². The SMILES string of the molecule is CC(C)c1nc2c([nH]1)c(O)c(OS(=O)(=O)O)c1ccccc12. The molecule has 116 valence electrons. The third-order valence-corrected chi connectivity index (χ3v) is 3.71. The molecule has 0 radical (unpaired) electrons. The van der Waals surface area contributed by atoms with E-state index in [0.29, 0.717) is 22.1 Å². The highest BCUT2D eigenvalue weighted by Gasteiger charge is 2.22. The molecule has 1 heterocycles. The number of hydrogen-bond acceptors (Lipinski definition) is 5. The second-order valence-corrected chi connectivity index (χ2v) is 6.26. The molecule has 0 spiro atoms. The van der Waals surface area contributed by atoms with Gasteiger partial charge in [0.15, 0.2) is 11.5 Å². The van der Waals surface area contributed by atoms with E-state index in [-0.39, 0.29) is 17.2 Å². The minimum absolute atomic E-state index is 0.0940. The van der Waals surface area contributed by atoms with E-state index in [1.165, 1.54) is 0 Å². The number of phenols is 1. The van der Waals surface area contributed by atoms with E-state index >= 15 is 0 Å². The van der Waals surface area contributed by atoms with Gasteiger partial charge in [0, 0.05) is 16.7 Å². The number of H-pyrrole nitrogens is 1. The molecule has 0 amide bonds. The van der Waals surface area contributed by atoms with Gasteiger partial charge in [0.25, 0.3) is 0 Å². The average molecular weight is 322 g/mol. The van der Waals surface area contributed by atoms with Gasteiger partial charge in [0.05, 0.1) is 0 Å². The van der Waals surface area contributed by atoms with Gasteiger partial charge in [0.2, 0.25) is 0 Å². The van der Waals surface area contributed by atoms with Crippen LogP contribution in [0.25, 0.3) is 21.8 Å². The topological polar surface area (TPSA) is 113 Å². The molecule has 0 saturated carbocycles. The molecule has 0 aliphatic heterocycles. The van der Waals surface area contributed by atoms with E-state index in [9.17, 15) is 13.5 Å². The number of rotatable bonds is 3. The number of fused-ring (bicyclic) bond motifs is 3. The minimum Gasteiger partial charge on any atom is -0.503 e. The van der Waals surface area contributed by atoms with Gasteiger partial charge in [-0.05, 0) is 0 Å². The van der Waals surface area contributed by atoms with Crippen molar-refractivity contribution in [2.24, 2.45) is 0 Å². The number of nitrogens with one attached hydrogen (secondary N) is 1. The highest BCUT2D eigenvalue weighted by atomic mass is 32.3. The Labute approximate surface area is 126 Å². The average Bonchev–Trinajstić information content (AvgIpc) is 2.88. The quantitative estimate of drug-likeness (QED) is 0.639. The zero-order valence-electron chi connectivity index (χ0n) is 11.9. The van der Waals surface area contributed by atoms with Crippen molar-refractivity contribution in [1.82, 2.24) is 9.97 Å². The molecular weight excluding hydrogens is 308 g/mol. The number of imidazole rings is 1. The van der Waals surface area contributed by atoms with Crippen LogP contribution in [0, 0.1) is 0 Å². The molecule has 3 aromatic rings. The predicted octanol–water partition coefficient (Wildman–Crippen LogP) is 2.73. The lowest BCUT2D eigenvalue weighted by atomic mass is 10.1. The van der Waals surface area contributed by atoms with E-state index in [4.69, 9.17) is 4.55 Å². The monoisotopic (exact) mass is 322 g/mol. The first kappa shape index (κ1) is 14.6. The van der Waals surface area contributed by atoms with Crippen LogP contribution in [0.5, 0.6) is 11.5 Å². The third-order valence-electron chi connectivity index (χ3n) is 3.34. The van der Waals surface area contributed by atoms with Crippen molar-refractivity contribution in [2.45, 2.75) is 19.8 Å². The molecule has 0 aliphatic rings. The van der Waals surface area contributed by atoms with Gasteiger partial charge in [-0.15, -0.1) is 0 Å². The Morgan fingerprint density at radius 2 is 1.86 bits per heavy atom. The standard InChI is InChI=1S/C14H14N2O5S/c1-7(2)14-15-10-8-5-3-4-6-9(8)13(21-22(18,19)20)12(17)11(10)16-14/h3-7,17H,1-2H3,(H,15,16)(H,18,19,20). The molecule has 8 heteroatoms. The van der Waals surface area contributed by atoms with E-state index in [0.717, 1.165) is 0 Å². The van der Waals surface area contributed by atoms with E-state index in [2.05, 4.69) is 14.2 Å². The Bertz CT molecular complexity index is 976. The fourth-order valence-corrected chi connectivity index (χ4v) is 2.73. The fourth-order valence-electron chi connectivity index (χ4n) is 2.35. The zero-order chi connectivity index (χ0) is 16.1. The Hall–Kier alpha value is -2.32. The van der Waals surface area contributed by atoms with Gasteiger partial charge in [-0.2, -0.15) is 8.42 Å². The molecule has 1 aromatic heterocycles. The molecule has 2 aromatic carbocycles. The maximum atomic E-state index is 11.0. The largest absolute Gasteiger partial charge is 0.503 e. The first-order chi connectivity index (χ1) is 10.3. The zero-order valence-corrected chi connectivity index (χ0v) is 12.7. The van der Waals surface area contributed by atoms with Crippen molar-refractivity contribution in [3.05, 3.63) is 30.1 Å². The molecule has 7 nitrogen and oxygen atoms in total.